The zero-order chi connectivity index (χ0) is 12.3. The number of benzene rings is 2. The summed E-state index contributed by atoms with van der Waals surface area (Å²) in [7, 11) is 0. The first kappa shape index (κ1) is 11.0. The van der Waals surface area contributed by atoms with Crippen molar-refractivity contribution in [2.75, 3.05) is 0 Å². The highest BCUT2D eigenvalue weighted by atomic mass is 16.5. The number of phenolic OH excluding ortho intramolecular Hbond substituents is 2. The van der Waals surface area contributed by atoms with Crippen LogP contribution in [0.25, 0.3) is 11.1 Å². The quantitative estimate of drug-likeness (QED) is 0.794. The molecule has 4 nitrogen and oxygen atoms in total. The predicted molar refractivity (Wildman–Crippen MR) is 61.9 cm³/mol. The minimum atomic E-state index is 0.00440. The summed E-state index contributed by atoms with van der Waals surface area (Å²) in [5.74, 6) is 0.354. The molecule has 0 saturated carbocycles. The van der Waals surface area contributed by atoms with E-state index in [4.69, 9.17) is 0 Å². The number of rotatable bonds is 3. The molecular weight excluding hydrogens is 220 g/mol. The van der Waals surface area contributed by atoms with Crippen LogP contribution in [0.2, 0.25) is 0 Å². The smallest absolute Gasteiger partial charge is 0.298 e. The summed E-state index contributed by atoms with van der Waals surface area (Å²) in [6, 6.07) is 11.0. The molecular formula is C13H10O4. The summed E-state index contributed by atoms with van der Waals surface area (Å²) in [5.41, 5.74) is 0.879. The maximum absolute atomic E-state index is 10.2. The van der Waals surface area contributed by atoms with Crippen LogP contribution in [0.1, 0.15) is 0 Å². The van der Waals surface area contributed by atoms with E-state index in [1.807, 2.05) is 0 Å². The number of ether oxygens (including phenoxy) is 1. The number of aromatic hydroxyl groups is 2. The Labute approximate surface area is 97.7 Å². The third-order valence-electron chi connectivity index (χ3n) is 2.35. The summed E-state index contributed by atoms with van der Waals surface area (Å²) in [6.07, 6.45) is 0. The number of phenols is 2. The average Bonchev–Trinajstić information content (AvgIpc) is 2.33. The van der Waals surface area contributed by atoms with Crippen LogP contribution in [-0.2, 0) is 4.79 Å². The van der Waals surface area contributed by atoms with E-state index in [1.165, 1.54) is 24.3 Å². The van der Waals surface area contributed by atoms with Gasteiger partial charge in [-0.1, -0.05) is 18.2 Å². The first-order chi connectivity index (χ1) is 8.22. The lowest BCUT2D eigenvalue weighted by atomic mass is 10.0. The second-order valence-corrected chi connectivity index (χ2v) is 3.41. The molecule has 0 aromatic heterocycles. The molecule has 17 heavy (non-hydrogen) atoms. The van der Waals surface area contributed by atoms with Crippen LogP contribution in [0.4, 0.5) is 0 Å². The van der Waals surface area contributed by atoms with Gasteiger partial charge in [0.25, 0.3) is 6.47 Å². The average molecular weight is 230 g/mol. The van der Waals surface area contributed by atoms with Crippen LogP contribution in [-0.4, -0.2) is 16.7 Å². The number of hydrogen-bond donors (Lipinski definition) is 2. The Hall–Kier alpha value is -2.49. The summed E-state index contributed by atoms with van der Waals surface area (Å²) in [6.45, 7) is 0.307. The van der Waals surface area contributed by atoms with Gasteiger partial charge in [0, 0.05) is 11.1 Å². The molecule has 0 atom stereocenters. The van der Waals surface area contributed by atoms with E-state index in [-0.39, 0.29) is 11.5 Å². The zero-order valence-electron chi connectivity index (χ0n) is 8.83. The van der Waals surface area contributed by atoms with Crippen LogP contribution < -0.4 is 4.74 Å². The van der Waals surface area contributed by atoms with Crippen molar-refractivity contribution in [3.63, 3.8) is 0 Å². The monoisotopic (exact) mass is 230 g/mol. The van der Waals surface area contributed by atoms with E-state index in [0.29, 0.717) is 23.3 Å². The molecule has 0 heterocycles. The Morgan fingerprint density at radius 1 is 0.941 bits per heavy atom. The van der Waals surface area contributed by atoms with Crippen molar-refractivity contribution >= 4 is 6.47 Å². The van der Waals surface area contributed by atoms with Crippen LogP contribution >= 0.6 is 0 Å². The predicted octanol–water partition coefficient (Wildman–Crippen LogP) is 2.30. The summed E-state index contributed by atoms with van der Waals surface area (Å²) >= 11 is 0. The first-order valence-corrected chi connectivity index (χ1v) is 4.94. The van der Waals surface area contributed by atoms with Gasteiger partial charge >= 0.3 is 0 Å². The van der Waals surface area contributed by atoms with Crippen LogP contribution in [0.3, 0.4) is 0 Å². The summed E-state index contributed by atoms with van der Waals surface area (Å²) in [5, 5.41) is 19.4. The molecule has 86 valence electrons. The van der Waals surface area contributed by atoms with Gasteiger partial charge in [-0.2, -0.15) is 0 Å². The van der Waals surface area contributed by atoms with Gasteiger partial charge in [0.1, 0.15) is 17.2 Å². The molecule has 0 bridgehead atoms. The molecule has 0 aliphatic rings. The second kappa shape index (κ2) is 4.57. The molecule has 0 fully saturated rings. The van der Waals surface area contributed by atoms with Crippen molar-refractivity contribution in [2.24, 2.45) is 0 Å². The minimum Gasteiger partial charge on any atom is -0.507 e. The molecule has 2 aromatic rings. The fourth-order valence-corrected chi connectivity index (χ4v) is 1.56. The fourth-order valence-electron chi connectivity index (χ4n) is 1.56. The van der Waals surface area contributed by atoms with Gasteiger partial charge in [-0.3, -0.25) is 4.79 Å². The maximum atomic E-state index is 10.2. The van der Waals surface area contributed by atoms with E-state index in [9.17, 15) is 15.0 Å². The number of carbonyl (C=O) groups is 1. The van der Waals surface area contributed by atoms with Crippen molar-refractivity contribution in [1.82, 2.24) is 0 Å². The molecule has 2 N–H and O–H groups in total. The Bertz CT molecular complexity index is 549. The van der Waals surface area contributed by atoms with Crippen LogP contribution in [0.15, 0.2) is 42.5 Å². The molecule has 0 aliphatic carbocycles. The molecule has 2 aromatic carbocycles. The van der Waals surface area contributed by atoms with Gasteiger partial charge in [0.2, 0.25) is 0 Å². The van der Waals surface area contributed by atoms with Crippen LogP contribution in [0.5, 0.6) is 17.2 Å². The fraction of sp³-hybridized carbons (Fsp3) is 0. The molecule has 0 radical (unpaired) electrons. The topological polar surface area (TPSA) is 66.8 Å². The molecule has 2 rings (SSSR count). The molecule has 0 aliphatic heterocycles. The van der Waals surface area contributed by atoms with Gasteiger partial charge in [-0.25, -0.2) is 0 Å². The summed E-state index contributed by atoms with van der Waals surface area (Å²) < 4.78 is 4.69. The van der Waals surface area contributed by atoms with Crippen LogP contribution in [0, 0.1) is 0 Å². The van der Waals surface area contributed by atoms with E-state index in [0.717, 1.165) is 0 Å². The van der Waals surface area contributed by atoms with Gasteiger partial charge in [0.15, 0.2) is 0 Å². The van der Waals surface area contributed by atoms with Crippen molar-refractivity contribution in [3.05, 3.63) is 42.5 Å². The van der Waals surface area contributed by atoms with Crippen molar-refractivity contribution in [1.29, 1.82) is 0 Å². The lowest BCUT2D eigenvalue weighted by Gasteiger charge is -2.08. The molecule has 0 spiro atoms. The van der Waals surface area contributed by atoms with Gasteiger partial charge < -0.3 is 14.9 Å². The molecule has 0 unspecified atom stereocenters. The maximum Gasteiger partial charge on any atom is 0.298 e. The number of para-hydroxylation sites is 1. The van der Waals surface area contributed by atoms with Crippen molar-refractivity contribution in [2.45, 2.75) is 0 Å². The van der Waals surface area contributed by atoms with E-state index >= 15 is 0 Å². The normalized spacial score (nSPS) is 9.88. The largest absolute Gasteiger partial charge is 0.507 e. The number of carbonyl (C=O) groups excluding carboxylic acids is 1. The Morgan fingerprint density at radius 3 is 2.35 bits per heavy atom. The van der Waals surface area contributed by atoms with E-state index < -0.39 is 0 Å². The Balaban J connectivity index is 2.54. The summed E-state index contributed by atoms with van der Waals surface area (Å²) in [4.78, 5) is 10.2. The van der Waals surface area contributed by atoms with Crippen molar-refractivity contribution < 1.29 is 19.7 Å². The second-order valence-electron chi connectivity index (χ2n) is 3.41. The highest BCUT2D eigenvalue weighted by molar-refractivity contribution is 5.76. The van der Waals surface area contributed by atoms with Crippen molar-refractivity contribution in [3.8, 4) is 28.4 Å². The Kier molecular flexibility index (Phi) is 2.96. The standard InChI is InChI=1S/C13H10O4/c14-8-17-9-5-6-13(16)11(7-9)10-3-1-2-4-12(10)15/h1-8,15-16H. The molecule has 0 saturated heterocycles. The highest BCUT2D eigenvalue weighted by Gasteiger charge is 2.09. The highest BCUT2D eigenvalue weighted by Crippen LogP contribution is 2.37. The van der Waals surface area contributed by atoms with Gasteiger partial charge in [-0.15, -0.1) is 0 Å². The Morgan fingerprint density at radius 2 is 1.65 bits per heavy atom. The first-order valence-electron chi connectivity index (χ1n) is 4.94. The number of hydrogen-bond acceptors (Lipinski definition) is 4. The molecule has 4 heteroatoms. The third kappa shape index (κ3) is 2.20. The SMILES string of the molecule is O=COc1ccc(O)c(-c2ccccc2O)c1. The lowest BCUT2D eigenvalue weighted by Crippen LogP contribution is -1.89. The zero-order valence-corrected chi connectivity index (χ0v) is 8.83. The minimum absolute atomic E-state index is 0.00440. The van der Waals surface area contributed by atoms with Gasteiger partial charge in [-0.05, 0) is 24.3 Å². The van der Waals surface area contributed by atoms with E-state index in [2.05, 4.69) is 4.74 Å². The lowest BCUT2D eigenvalue weighted by molar-refractivity contribution is -0.120. The molecule has 0 amide bonds. The third-order valence-corrected chi connectivity index (χ3v) is 2.35. The van der Waals surface area contributed by atoms with E-state index in [1.54, 1.807) is 18.2 Å². The van der Waals surface area contributed by atoms with Gasteiger partial charge in [0.05, 0.1) is 0 Å².